The Hall–Kier alpha value is -0.713. The second-order valence-electron chi connectivity index (χ2n) is 7.50. The standard InChI is InChI=1S/C17H29N2OSi/c1-17(2,3)16(20-21(4)5)13-9-8-12-7-6-10-19-15(12)14(18)11-13/h6-7,10,13-14,16H,8-9,11,18H2,1-5H3/t13-,14+,16?/m1/s1. The van der Waals surface area contributed by atoms with Crippen LogP contribution in [0.15, 0.2) is 18.3 Å². The van der Waals surface area contributed by atoms with Gasteiger partial charge in [-0.3, -0.25) is 4.98 Å². The highest BCUT2D eigenvalue weighted by molar-refractivity contribution is 6.48. The number of fused-ring (bicyclic) bond motifs is 1. The van der Waals surface area contributed by atoms with Crippen LogP contribution in [-0.2, 0) is 10.8 Å². The highest BCUT2D eigenvalue weighted by atomic mass is 28.3. The van der Waals surface area contributed by atoms with E-state index in [1.165, 1.54) is 5.56 Å². The van der Waals surface area contributed by atoms with Gasteiger partial charge in [-0.15, -0.1) is 0 Å². The van der Waals surface area contributed by atoms with Crippen molar-refractivity contribution in [2.45, 2.75) is 65.3 Å². The summed E-state index contributed by atoms with van der Waals surface area (Å²) in [6, 6.07) is 4.22. The van der Waals surface area contributed by atoms with Crippen molar-refractivity contribution < 1.29 is 4.43 Å². The highest BCUT2D eigenvalue weighted by Gasteiger charge is 2.36. The Bertz CT molecular complexity index is 470. The van der Waals surface area contributed by atoms with Crippen LogP contribution in [0, 0.1) is 11.3 Å². The summed E-state index contributed by atoms with van der Waals surface area (Å²) in [5.74, 6) is 0.508. The Kier molecular flexibility index (Phi) is 5.23. The molecule has 2 rings (SSSR count). The molecule has 4 heteroatoms. The number of pyridine rings is 1. The maximum absolute atomic E-state index is 6.44. The van der Waals surface area contributed by atoms with E-state index in [4.69, 9.17) is 10.2 Å². The molecule has 0 saturated heterocycles. The zero-order valence-electron chi connectivity index (χ0n) is 14.0. The molecule has 0 aromatic carbocycles. The van der Waals surface area contributed by atoms with Crippen LogP contribution >= 0.6 is 0 Å². The number of aryl methyl sites for hydroxylation is 1. The van der Waals surface area contributed by atoms with Crippen LogP contribution in [0.1, 0.15) is 50.9 Å². The fourth-order valence-corrected chi connectivity index (χ4v) is 4.46. The van der Waals surface area contributed by atoms with Gasteiger partial charge in [0.05, 0.1) is 11.8 Å². The summed E-state index contributed by atoms with van der Waals surface area (Å²) in [4.78, 5) is 4.52. The van der Waals surface area contributed by atoms with Crippen LogP contribution in [0.3, 0.4) is 0 Å². The Morgan fingerprint density at radius 3 is 2.71 bits per heavy atom. The van der Waals surface area contributed by atoms with Gasteiger partial charge in [0.25, 0.3) is 0 Å². The molecule has 3 nitrogen and oxygen atoms in total. The molecule has 1 aromatic rings. The summed E-state index contributed by atoms with van der Waals surface area (Å²) in [6.45, 7) is 11.3. The fourth-order valence-electron chi connectivity index (χ4n) is 3.40. The van der Waals surface area contributed by atoms with Crippen LogP contribution in [0.2, 0.25) is 13.1 Å². The molecule has 0 aliphatic heterocycles. The Labute approximate surface area is 131 Å². The Balaban J connectivity index is 2.21. The lowest BCUT2D eigenvalue weighted by atomic mass is 9.77. The van der Waals surface area contributed by atoms with Gasteiger partial charge in [-0.2, -0.15) is 0 Å². The molecule has 1 aliphatic carbocycles. The third-order valence-electron chi connectivity index (χ3n) is 4.26. The fraction of sp³-hybridized carbons (Fsp3) is 0.706. The van der Waals surface area contributed by atoms with Gasteiger partial charge in [-0.1, -0.05) is 26.8 Å². The molecule has 1 aliphatic rings. The number of hydrogen-bond donors (Lipinski definition) is 1. The molecule has 0 spiro atoms. The van der Waals surface area contributed by atoms with Crippen LogP contribution < -0.4 is 5.73 Å². The first-order valence-electron chi connectivity index (χ1n) is 7.95. The lowest BCUT2D eigenvalue weighted by Gasteiger charge is -2.38. The molecule has 117 valence electrons. The summed E-state index contributed by atoms with van der Waals surface area (Å²) in [5.41, 5.74) is 9.00. The van der Waals surface area contributed by atoms with Crippen LogP contribution in [0.25, 0.3) is 0 Å². The molecular formula is C17H29N2OSi. The Morgan fingerprint density at radius 2 is 2.10 bits per heavy atom. The minimum absolute atomic E-state index is 0.0338. The summed E-state index contributed by atoms with van der Waals surface area (Å²) in [7, 11) is -0.716. The summed E-state index contributed by atoms with van der Waals surface area (Å²) in [5, 5.41) is 0. The van der Waals surface area contributed by atoms with Crippen molar-refractivity contribution in [3.63, 3.8) is 0 Å². The summed E-state index contributed by atoms with van der Waals surface area (Å²) >= 11 is 0. The number of nitrogens with two attached hydrogens (primary N) is 1. The zero-order chi connectivity index (χ0) is 15.6. The van der Waals surface area contributed by atoms with Crippen molar-refractivity contribution >= 4 is 9.04 Å². The van der Waals surface area contributed by atoms with Crippen molar-refractivity contribution in [3.8, 4) is 0 Å². The van der Waals surface area contributed by atoms with E-state index in [1.54, 1.807) is 0 Å². The molecule has 0 saturated carbocycles. The van der Waals surface area contributed by atoms with Crippen molar-refractivity contribution in [2.24, 2.45) is 17.1 Å². The largest absolute Gasteiger partial charge is 0.413 e. The first-order chi connectivity index (χ1) is 9.79. The first kappa shape index (κ1) is 16.7. The van der Waals surface area contributed by atoms with Crippen LogP contribution in [0.4, 0.5) is 0 Å². The Morgan fingerprint density at radius 1 is 1.38 bits per heavy atom. The molecule has 1 radical (unpaired) electrons. The highest BCUT2D eigenvalue weighted by Crippen LogP contribution is 2.38. The molecular weight excluding hydrogens is 276 g/mol. The predicted molar refractivity (Wildman–Crippen MR) is 89.4 cm³/mol. The van der Waals surface area contributed by atoms with Crippen LogP contribution in [0.5, 0.6) is 0 Å². The quantitative estimate of drug-likeness (QED) is 0.684. The second-order valence-corrected chi connectivity index (χ2v) is 9.55. The van der Waals surface area contributed by atoms with E-state index in [9.17, 15) is 0 Å². The van der Waals surface area contributed by atoms with E-state index in [-0.39, 0.29) is 17.6 Å². The molecule has 0 amide bonds. The smallest absolute Gasteiger partial charge is 0.205 e. The zero-order valence-corrected chi connectivity index (χ0v) is 15.0. The lowest BCUT2D eigenvalue weighted by molar-refractivity contribution is 0.0243. The second kappa shape index (κ2) is 6.59. The number of aromatic nitrogens is 1. The average molecular weight is 306 g/mol. The molecule has 0 fully saturated rings. The van der Waals surface area contributed by atoms with Gasteiger partial charge in [0.1, 0.15) is 0 Å². The monoisotopic (exact) mass is 305 g/mol. The summed E-state index contributed by atoms with van der Waals surface area (Å²) < 4.78 is 6.38. The van der Waals surface area contributed by atoms with Gasteiger partial charge < -0.3 is 10.2 Å². The van der Waals surface area contributed by atoms with E-state index in [2.05, 4.69) is 44.9 Å². The van der Waals surface area contributed by atoms with Gasteiger partial charge in [0, 0.05) is 12.2 Å². The third-order valence-corrected chi connectivity index (χ3v) is 4.99. The van der Waals surface area contributed by atoms with Crippen molar-refractivity contribution in [1.82, 2.24) is 4.98 Å². The summed E-state index contributed by atoms with van der Waals surface area (Å²) in [6.07, 6.45) is 5.31. The maximum atomic E-state index is 6.44. The molecule has 21 heavy (non-hydrogen) atoms. The lowest BCUT2D eigenvalue weighted by Crippen LogP contribution is -2.40. The minimum Gasteiger partial charge on any atom is -0.413 e. The molecule has 1 aromatic heterocycles. The molecule has 0 bridgehead atoms. The number of rotatable bonds is 3. The van der Waals surface area contributed by atoms with Crippen molar-refractivity contribution in [1.29, 1.82) is 0 Å². The van der Waals surface area contributed by atoms with Gasteiger partial charge in [-0.25, -0.2) is 0 Å². The third kappa shape index (κ3) is 4.15. The van der Waals surface area contributed by atoms with Gasteiger partial charge >= 0.3 is 0 Å². The number of nitrogens with zero attached hydrogens (tertiary/aromatic N) is 1. The maximum Gasteiger partial charge on any atom is 0.205 e. The van der Waals surface area contributed by atoms with E-state index in [0.717, 1.165) is 25.0 Å². The topological polar surface area (TPSA) is 48.1 Å². The molecule has 1 heterocycles. The van der Waals surface area contributed by atoms with Crippen molar-refractivity contribution in [2.75, 3.05) is 0 Å². The van der Waals surface area contributed by atoms with Gasteiger partial charge in [0.15, 0.2) is 0 Å². The van der Waals surface area contributed by atoms with E-state index >= 15 is 0 Å². The average Bonchev–Trinajstić information content (AvgIpc) is 2.55. The van der Waals surface area contributed by atoms with Crippen molar-refractivity contribution in [3.05, 3.63) is 29.6 Å². The van der Waals surface area contributed by atoms with E-state index in [1.807, 2.05) is 12.3 Å². The number of hydrogen-bond acceptors (Lipinski definition) is 3. The molecule has 2 N–H and O–H groups in total. The van der Waals surface area contributed by atoms with Gasteiger partial charge in [0.2, 0.25) is 9.04 Å². The molecule has 3 atom stereocenters. The first-order valence-corrected chi connectivity index (χ1v) is 10.4. The van der Waals surface area contributed by atoms with E-state index < -0.39 is 9.04 Å². The SMILES string of the molecule is C[Si](C)OC([C@@H]1CCc2cccnc2[C@@H](N)C1)C(C)(C)C. The van der Waals surface area contributed by atoms with E-state index in [0.29, 0.717) is 5.92 Å². The molecule has 1 unspecified atom stereocenters. The van der Waals surface area contributed by atoms with Gasteiger partial charge in [-0.05, 0) is 55.3 Å². The predicted octanol–water partition coefficient (Wildman–Crippen LogP) is 3.72. The van der Waals surface area contributed by atoms with Crippen LogP contribution in [-0.4, -0.2) is 20.1 Å². The normalized spacial score (nSPS) is 24.5. The minimum atomic E-state index is -0.716.